The van der Waals surface area contributed by atoms with E-state index in [-0.39, 0.29) is 0 Å². The summed E-state index contributed by atoms with van der Waals surface area (Å²) in [5.74, 6) is 3.28. The van der Waals surface area contributed by atoms with Crippen molar-refractivity contribution in [2.45, 2.75) is 24.7 Å². The Morgan fingerprint density at radius 3 is 3.00 bits per heavy atom. The van der Waals surface area contributed by atoms with Gasteiger partial charge in [0.1, 0.15) is 11.9 Å². The van der Waals surface area contributed by atoms with Crippen molar-refractivity contribution in [3.8, 4) is 5.75 Å². The fraction of sp³-hybridized carbons (Fsp3) is 0.375. The Bertz CT molecular complexity index is 624. The minimum atomic E-state index is -0.499. The van der Waals surface area contributed by atoms with E-state index in [0.29, 0.717) is 0 Å². The van der Waals surface area contributed by atoms with Crippen LogP contribution in [0.25, 0.3) is 0 Å². The second kappa shape index (κ2) is 5.10. The first kappa shape index (κ1) is 12.7. The molecule has 104 valence electrons. The maximum Gasteiger partial charge on any atom is 0.122 e. The molecule has 2 aromatic rings. The first-order chi connectivity index (χ1) is 9.81. The van der Waals surface area contributed by atoms with Crippen LogP contribution in [-0.4, -0.2) is 17.5 Å². The zero-order valence-corrected chi connectivity index (χ0v) is 12.7. The predicted octanol–water partition coefficient (Wildman–Crippen LogP) is 3.55. The summed E-state index contributed by atoms with van der Waals surface area (Å²) >= 11 is 3.76. The Labute approximate surface area is 126 Å². The first-order valence-electron chi connectivity index (χ1n) is 6.94. The van der Waals surface area contributed by atoms with Gasteiger partial charge in [0.25, 0.3) is 0 Å². The molecule has 2 nitrogen and oxygen atoms in total. The molecule has 0 saturated carbocycles. The Hall–Kier alpha value is -0.970. The molecule has 1 unspecified atom stereocenters. The third-order valence-corrected chi connectivity index (χ3v) is 6.24. The maximum atomic E-state index is 10.6. The SMILES string of the molecule is OC(c1ccc2c(c1)CCO2)c1cc2c(s1)CCSC2. The van der Waals surface area contributed by atoms with Gasteiger partial charge in [-0.15, -0.1) is 11.3 Å². The fourth-order valence-corrected chi connectivity index (χ4v) is 5.24. The average molecular weight is 304 g/mol. The summed E-state index contributed by atoms with van der Waals surface area (Å²) in [4.78, 5) is 2.54. The van der Waals surface area contributed by atoms with Gasteiger partial charge in [0, 0.05) is 21.9 Å². The van der Waals surface area contributed by atoms with Crippen LogP contribution in [0.15, 0.2) is 24.3 Å². The Kier molecular flexibility index (Phi) is 3.25. The van der Waals surface area contributed by atoms with E-state index in [2.05, 4.69) is 12.1 Å². The molecule has 0 spiro atoms. The van der Waals surface area contributed by atoms with E-state index in [9.17, 15) is 5.11 Å². The van der Waals surface area contributed by atoms with Crippen molar-refractivity contribution in [1.29, 1.82) is 0 Å². The lowest BCUT2D eigenvalue weighted by molar-refractivity contribution is 0.224. The normalized spacial score (nSPS) is 18.2. The lowest BCUT2D eigenvalue weighted by Crippen LogP contribution is -1.97. The number of rotatable bonds is 2. The lowest BCUT2D eigenvalue weighted by Gasteiger charge is -2.10. The highest BCUT2D eigenvalue weighted by molar-refractivity contribution is 7.98. The van der Waals surface area contributed by atoms with Crippen molar-refractivity contribution in [1.82, 2.24) is 0 Å². The van der Waals surface area contributed by atoms with E-state index in [0.717, 1.165) is 41.4 Å². The summed E-state index contributed by atoms with van der Waals surface area (Å²) in [7, 11) is 0. The first-order valence-corrected chi connectivity index (χ1v) is 8.91. The van der Waals surface area contributed by atoms with Gasteiger partial charge in [-0.05, 0) is 47.1 Å². The van der Waals surface area contributed by atoms with Gasteiger partial charge < -0.3 is 9.84 Å². The molecule has 0 amide bonds. The van der Waals surface area contributed by atoms with Crippen molar-refractivity contribution >= 4 is 23.1 Å². The van der Waals surface area contributed by atoms with Crippen LogP contribution in [0.2, 0.25) is 0 Å². The Balaban J connectivity index is 1.66. The van der Waals surface area contributed by atoms with E-state index in [4.69, 9.17) is 4.74 Å². The van der Waals surface area contributed by atoms with Crippen molar-refractivity contribution in [2.75, 3.05) is 12.4 Å². The topological polar surface area (TPSA) is 29.5 Å². The van der Waals surface area contributed by atoms with Crippen LogP contribution in [0.5, 0.6) is 5.75 Å². The highest BCUT2D eigenvalue weighted by Gasteiger charge is 2.21. The molecular formula is C16H16O2S2. The Morgan fingerprint density at radius 1 is 1.15 bits per heavy atom. The van der Waals surface area contributed by atoms with Crippen LogP contribution in [0.3, 0.4) is 0 Å². The molecule has 0 radical (unpaired) electrons. The Morgan fingerprint density at radius 2 is 2.10 bits per heavy atom. The number of fused-ring (bicyclic) bond motifs is 2. The number of thioether (sulfide) groups is 1. The molecule has 4 heteroatoms. The molecule has 1 atom stereocenters. The smallest absolute Gasteiger partial charge is 0.122 e. The van der Waals surface area contributed by atoms with Gasteiger partial charge in [-0.25, -0.2) is 0 Å². The van der Waals surface area contributed by atoms with E-state index >= 15 is 0 Å². The number of hydrogen-bond acceptors (Lipinski definition) is 4. The van der Waals surface area contributed by atoms with Crippen molar-refractivity contribution in [3.63, 3.8) is 0 Å². The highest BCUT2D eigenvalue weighted by Crippen LogP contribution is 2.37. The van der Waals surface area contributed by atoms with Crippen LogP contribution in [0.4, 0.5) is 0 Å². The van der Waals surface area contributed by atoms with E-state index < -0.39 is 6.10 Å². The molecule has 4 rings (SSSR count). The van der Waals surface area contributed by atoms with Gasteiger partial charge in [-0.3, -0.25) is 0 Å². The van der Waals surface area contributed by atoms with Crippen molar-refractivity contribution in [2.24, 2.45) is 0 Å². The summed E-state index contributed by atoms with van der Waals surface area (Å²) in [6.07, 6.45) is 1.60. The summed E-state index contributed by atoms with van der Waals surface area (Å²) < 4.78 is 5.52. The lowest BCUT2D eigenvalue weighted by atomic mass is 10.0. The van der Waals surface area contributed by atoms with E-state index in [1.54, 1.807) is 11.3 Å². The molecule has 0 saturated heterocycles. The molecule has 0 aliphatic carbocycles. The molecular weight excluding hydrogens is 288 g/mol. The van der Waals surface area contributed by atoms with Gasteiger partial charge >= 0.3 is 0 Å². The molecule has 0 fully saturated rings. The van der Waals surface area contributed by atoms with Crippen LogP contribution >= 0.6 is 23.1 Å². The summed E-state index contributed by atoms with van der Waals surface area (Å²) in [5.41, 5.74) is 3.63. The monoisotopic (exact) mass is 304 g/mol. The van der Waals surface area contributed by atoms with Gasteiger partial charge in [0.2, 0.25) is 0 Å². The summed E-state index contributed by atoms with van der Waals surface area (Å²) in [6, 6.07) is 8.27. The molecule has 1 aromatic carbocycles. The second-order valence-electron chi connectivity index (χ2n) is 5.27. The largest absolute Gasteiger partial charge is 0.493 e. The van der Waals surface area contributed by atoms with Crippen molar-refractivity contribution in [3.05, 3.63) is 50.7 Å². The quantitative estimate of drug-likeness (QED) is 0.920. The maximum absolute atomic E-state index is 10.6. The van der Waals surface area contributed by atoms with Crippen LogP contribution in [0.1, 0.15) is 32.5 Å². The van der Waals surface area contributed by atoms with E-state index in [1.807, 2.05) is 23.9 Å². The second-order valence-corrected chi connectivity index (χ2v) is 7.54. The minimum absolute atomic E-state index is 0.499. The molecule has 2 aliphatic rings. The van der Waals surface area contributed by atoms with Crippen LogP contribution in [0, 0.1) is 0 Å². The van der Waals surface area contributed by atoms with Crippen LogP contribution in [-0.2, 0) is 18.6 Å². The third kappa shape index (κ3) is 2.16. The van der Waals surface area contributed by atoms with Gasteiger partial charge in [0.15, 0.2) is 0 Å². The molecule has 3 heterocycles. The molecule has 1 aromatic heterocycles. The number of ether oxygens (including phenoxy) is 1. The number of aliphatic hydroxyl groups is 1. The minimum Gasteiger partial charge on any atom is -0.493 e. The predicted molar refractivity (Wildman–Crippen MR) is 83.9 cm³/mol. The molecule has 20 heavy (non-hydrogen) atoms. The third-order valence-electron chi connectivity index (χ3n) is 3.95. The highest BCUT2D eigenvalue weighted by atomic mass is 32.2. The summed E-state index contributed by atoms with van der Waals surface area (Å²) in [5, 5.41) is 10.6. The number of aliphatic hydroxyl groups excluding tert-OH is 1. The standard InChI is InChI=1S/C16H16O2S2/c17-16(11-1-2-13-10(7-11)3-5-18-13)15-8-12-9-19-6-4-14(12)20-15/h1-2,7-8,16-17H,3-6,9H2. The summed E-state index contributed by atoms with van der Waals surface area (Å²) in [6.45, 7) is 0.763. The number of thiophene rings is 1. The zero-order chi connectivity index (χ0) is 13.5. The number of benzene rings is 1. The number of aryl methyl sites for hydroxylation is 1. The average Bonchev–Trinajstić information content (AvgIpc) is 3.11. The molecule has 2 aliphatic heterocycles. The fourth-order valence-electron chi connectivity index (χ4n) is 2.85. The van der Waals surface area contributed by atoms with Crippen LogP contribution < -0.4 is 4.74 Å². The van der Waals surface area contributed by atoms with E-state index in [1.165, 1.54) is 21.8 Å². The molecule has 0 bridgehead atoms. The van der Waals surface area contributed by atoms with Gasteiger partial charge in [0.05, 0.1) is 6.61 Å². The zero-order valence-electron chi connectivity index (χ0n) is 11.1. The molecule has 1 N–H and O–H groups in total. The van der Waals surface area contributed by atoms with Gasteiger partial charge in [-0.2, -0.15) is 11.8 Å². The number of hydrogen-bond donors (Lipinski definition) is 1. The van der Waals surface area contributed by atoms with Gasteiger partial charge in [-0.1, -0.05) is 6.07 Å². The van der Waals surface area contributed by atoms with Crippen molar-refractivity contribution < 1.29 is 9.84 Å².